The summed E-state index contributed by atoms with van der Waals surface area (Å²) in [6, 6.07) is 7.66. The first-order valence-corrected chi connectivity index (χ1v) is 8.84. The minimum atomic E-state index is 0.0609. The van der Waals surface area contributed by atoms with Gasteiger partial charge in [-0.1, -0.05) is 52.7 Å². The third kappa shape index (κ3) is 7.51. The van der Waals surface area contributed by atoms with E-state index in [0.29, 0.717) is 18.9 Å². The molecule has 1 atom stereocenters. The van der Waals surface area contributed by atoms with Crippen LogP contribution < -0.4 is 10.1 Å². The lowest BCUT2D eigenvalue weighted by molar-refractivity contribution is -0.117. The van der Waals surface area contributed by atoms with Gasteiger partial charge in [-0.3, -0.25) is 4.79 Å². The van der Waals surface area contributed by atoms with Crippen LogP contribution in [0.1, 0.15) is 47.0 Å². The lowest BCUT2D eigenvalue weighted by Crippen LogP contribution is -2.28. The van der Waals surface area contributed by atoms with E-state index in [-0.39, 0.29) is 5.91 Å². The predicted octanol–water partition coefficient (Wildman–Crippen LogP) is 4.17. The molecule has 0 fully saturated rings. The molecule has 1 rings (SSSR count). The Kier molecular flexibility index (Phi) is 9.37. The topological polar surface area (TPSA) is 41.6 Å². The Morgan fingerprint density at radius 3 is 2.57 bits per heavy atom. The van der Waals surface area contributed by atoms with Crippen molar-refractivity contribution in [3.63, 3.8) is 0 Å². The largest absolute Gasteiger partial charge is 0.490 e. The van der Waals surface area contributed by atoms with Crippen LogP contribution in [0.15, 0.2) is 24.3 Å². The number of ether oxygens (including phenoxy) is 1. The molecule has 0 bridgehead atoms. The molecule has 1 N–H and O–H groups in total. The fourth-order valence-electron chi connectivity index (χ4n) is 2.63. The van der Waals surface area contributed by atoms with E-state index in [1.54, 1.807) is 0 Å². The number of para-hydroxylation sites is 2. The Morgan fingerprint density at radius 1 is 1.22 bits per heavy atom. The van der Waals surface area contributed by atoms with E-state index in [2.05, 4.69) is 37.9 Å². The molecule has 4 heteroatoms. The maximum absolute atomic E-state index is 12.1. The number of carbonyl (C=O) groups excluding carboxylic acids is 1. The van der Waals surface area contributed by atoms with E-state index in [4.69, 9.17) is 4.74 Å². The number of hydrogen-bond acceptors (Lipinski definition) is 3. The second-order valence-corrected chi connectivity index (χ2v) is 6.02. The van der Waals surface area contributed by atoms with Crippen LogP contribution in [0.4, 0.5) is 5.69 Å². The van der Waals surface area contributed by atoms with Gasteiger partial charge in [-0.05, 0) is 31.1 Å². The van der Waals surface area contributed by atoms with E-state index < -0.39 is 0 Å². The second-order valence-electron chi connectivity index (χ2n) is 6.02. The first kappa shape index (κ1) is 19.5. The number of anilines is 1. The van der Waals surface area contributed by atoms with Crippen molar-refractivity contribution in [2.45, 2.75) is 47.0 Å². The Balaban J connectivity index is 2.54. The van der Waals surface area contributed by atoms with Crippen LogP contribution in [0.25, 0.3) is 0 Å². The van der Waals surface area contributed by atoms with Crippen LogP contribution in [-0.4, -0.2) is 37.0 Å². The highest BCUT2D eigenvalue weighted by Crippen LogP contribution is 2.24. The van der Waals surface area contributed by atoms with E-state index in [0.717, 1.165) is 43.9 Å². The molecule has 0 heterocycles. The highest BCUT2D eigenvalue weighted by molar-refractivity contribution is 5.92. The summed E-state index contributed by atoms with van der Waals surface area (Å²) >= 11 is 0. The molecule has 1 amide bonds. The molecule has 0 spiro atoms. The SMILES string of the molecule is CCCC(C)CC(=O)Nc1ccccc1OCCN(CC)CC. The zero-order valence-corrected chi connectivity index (χ0v) is 15.1. The van der Waals surface area contributed by atoms with Gasteiger partial charge in [0.05, 0.1) is 5.69 Å². The van der Waals surface area contributed by atoms with Gasteiger partial charge >= 0.3 is 0 Å². The highest BCUT2D eigenvalue weighted by Gasteiger charge is 2.11. The molecule has 0 saturated carbocycles. The molecule has 0 aromatic heterocycles. The number of hydrogen-bond donors (Lipinski definition) is 1. The summed E-state index contributed by atoms with van der Waals surface area (Å²) in [6.45, 7) is 12.1. The molecule has 0 aliphatic rings. The van der Waals surface area contributed by atoms with E-state index >= 15 is 0 Å². The van der Waals surface area contributed by atoms with Gasteiger partial charge in [0.25, 0.3) is 0 Å². The Morgan fingerprint density at radius 2 is 1.91 bits per heavy atom. The second kappa shape index (κ2) is 11.1. The summed E-state index contributed by atoms with van der Waals surface area (Å²) in [7, 11) is 0. The maximum Gasteiger partial charge on any atom is 0.224 e. The van der Waals surface area contributed by atoms with Crippen molar-refractivity contribution < 1.29 is 9.53 Å². The Hall–Kier alpha value is -1.55. The normalized spacial score (nSPS) is 12.2. The fourth-order valence-corrected chi connectivity index (χ4v) is 2.63. The lowest BCUT2D eigenvalue weighted by atomic mass is 10.0. The number of amides is 1. The number of benzene rings is 1. The van der Waals surface area contributed by atoms with Crippen molar-refractivity contribution in [3.05, 3.63) is 24.3 Å². The molecule has 0 aliphatic heterocycles. The molecular formula is C19H32N2O2. The quantitative estimate of drug-likeness (QED) is 0.665. The highest BCUT2D eigenvalue weighted by atomic mass is 16.5. The van der Waals surface area contributed by atoms with Crippen molar-refractivity contribution in [2.24, 2.45) is 5.92 Å². The van der Waals surface area contributed by atoms with Gasteiger partial charge in [-0.25, -0.2) is 0 Å². The molecule has 4 nitrogen and oxygen atoms in total. The van der Waals surface area contributed by atoms with Gasteiger partial charge in [0.1, 0.15) is 12.4 Å². The molecular weight excluding hydrogens is 288 g/mol. The van der Waals surface area contributed by atoms with Gasteiger partial charge in [0.2, 0.25) is 5.91 Å². The zero-order chi connectivity index (χ0) is 17.1. The lowest BCUT2D eigenvalue weighted by Gasteiger charge is -2.19. The standard InChI is InChI=1S/C19H32N2O2/c1-5-10-16(4)15-19(22)20-17-11-8-9-12-18(17)23-14-13-21(6-2)7-3/h8-9,11-12,16H,5-7,10,13-15H2,1-4H3,(H,20,22). The van der Waals surface area contributed by atoms with Crippen LogP contribution in [0.3, 0.4) is 0 Å². The number of carbonyl (C=O) groups is 1. The first-order chi connectivity index (χ1) is 11.1. The molecule has 1 aromatic carbocycles. The van der Waals surface area contributed by atoms with Gasteiger partial charge in [-0.15, -0.1) is 0 Å². The average molecular weight is 320 g/mol. The van der Waals surface area contributed by atoms with Crippen LogP contribution in [0.2, 0.25) is 0 Å². The van der Waals surface area contributed by atoms with Crippen molar-refractivity contribution >= 4 is 11.6 Å². The molecule has 0 radical (unpaired) electrons. The molecule has 1 aromatic rings. The molecule has 1 unspecified atom stereocenters. The minimum absolute atomic E-state index is 0.0609. The number of nitrogens with one attached hydrogen (secondary N) is 1. The molecule has 23 heavy (non-hydrogen) atoms. The molecule has 130 valence electrons. The predicted molar refractivity (Wildman–Crippen MR) is 97.0 cm³/mol. The third-order valence-corrected chi connectivity index (χ3v) is 4.04. The van der Waals surface area contributed by atoms with Crippen molar-refractivity contribution in [2.75, 3.05) is 31.6 Å². The van der Waals surface area contributed by atoms with Crippen LogP contribution in [0, 0.1) is 5.92 Å². The maximum atomic E-state index is 12.1. The van der Waals surface area contributed by atoms with Crippen molar-refractivity contribution in [3.8, 4) is 5.75 Å². The zero-order valence-electron chi connectivity index (χ0n) is 15.1. The van der Waals surface area contributed by atoms with Crippen LogP contribution >= 0.6 is 0 Å². The summed E-state index contributed by atoms with van der Waals surface area (Å²) in [5.41, 5.74) is 0.765. The molecule has 0 saturated heterocycles. The van der Waals surface area contributed by atoms with Crippen LogP contribution in [-0.2, 0) is 4.79 Å². The van der Waals surface area contributed by atoms with Gasteiger partial charge < -0.3 is 15.0 Å². The monoisotopic (exact) mass is 320 g/mol. The fraction of sp³-hybridized carbons (Fsp3) is 0.632. The number of rotatable bonds is 11. The van der Waals surface area contributed by atoms with Gasteiger partial charge in [0, 0.05) is 13.0 Å². The third-order valence-electron chi connectivity index (χ3n) is 4.04. The van der Waals surface area contributed by atoms with Crippen LogP contribution in [0.5, 0.6) is 5.75 Å². The first-order valence-electron chi connectivity index (χ1n) is 8.84. The summed E-state index contributed by atoms with van der Waals surface area (Å²) < 4.78 is 5.87. The van der Waals surface area contributed by atoms with Gasteiger partial charge in [0.15, 0.2) is 0 Å². The van der Waals surface area contributed by atoms with E-state index in [9.17, 15) is 4.79 Å². The number of likely N-dealkylation sites (N-methyl/N-ethyl adjacent to an activating group) is 1. The van der Waals surface area contributed by atoms with E-state index in [1.165, 1.54) is 0 Å². The minimum Gasteiger partial charge on any atom is -0.490 e. The van der Waals surface area contributed by atoms with Gasteiger partial charge in [-0.2, -0.15) is 0 Å². The summed E-state index contributed by atoms with van der Waals surface area (Å²) in [6.07, 6.45) is 2.75. The Labute approximate surface area is 141 Å². The average Bonchev–Trinajstić information content (AvgIpc) is 2.53. The smallest absolute Gasteiger partial charge is 0.224 e. The summed E-state index contributed by atoms with van der Waals surface area (Å²) in [5.74, 6) is 1.22. The van der Waals surface area contributed by atoms with Crippen molar-refractivity contribution in [1.29, 1.82) is 0 Å². The summed E-state index contributed by atoms with van der Waals surface area (Å²) in [4.78, 5) is 14.5. The van der Waals surface area contributed by atoms with Crippen molar-refractivity contribution in [1.82, 2.24) is 4.90 Å². The van der Waals surface area contributed by atoms with E-state index in [1.807, 2.05) is 24.3 Å². The Bertz CT molecular complexity index is 458. The summed E-state index contributed by atoms with van der Waals surface area (Å²) in [5, 5.41) is 2.99. The molecule has 0 aliphatic carbocycles. The number of nitrogens with zero attached hydrogens (tertiary/aromatic N) is 1.